The second-order valence-electron chi connectivity index (χ2n) is 5.23. The Labute approximate surface area is 149 Å². The third-order valence-corrected chi connectivity index (χ3v) is 3.59. The number of aromatic nitrogens is 2. The summed E-state index contributed by atoms with van der Waals surface area (Å²) in [6.45, 7) is 5.15. The summed E-state index contributed by atoms with van der Waals surface area (Å²) in [6.07, 6.45) is 4.22. The Morgan fingerprint density at radius 3 is 2.65 bits per heavy atom. The summed E-state index contributed by atoms with van der Waals surface area (Å²) < 4.78 is 2.12. The number of aliphatic hydroxyl groups excluding tert-OH is 1. The van der Waals surface area contributed by atoms with Gasteiger partial charge in [-0.2, -0.15) is 6.42 Å². The molecule has 2 heterocycles. The minimum absolute atomic E-state index is 0. The normalized spacial score (nSPS) is 11.8. The van der Waals surface area contributed by atoms with Gasteiger partial charge in [-0.3, -0.25) is 4.98 Å². The second-order valence-corrected chi connectivity index (χ2v) is 5.23. The van der Waals surface area contributed by atoms with Crippen molar-refractivity contribution >= 4 is 27.3 Å². The first-order valence-corrected chi connectivity index (χ1v) is 7.34. The molecule has 1 N–H and O–H groups in total. The van der Waals surface area contributed by atoms with E-state index in [1.807, 2.05) is 24.5 Å². The molecule has 4 heteroatoms. The molecule has 2 aromatic heterocycles. The molecule has 0 bridgehead atoms. The van der Waals surface area contributed by atoms with E-state index in [0.29, 0.717) is 6.42 Å². The average molecular weight is 483 g/mol. The van der Waals surface area contributed by atoms with E-state index in [-0.39, 0.29) is 26.2 Å². The number of rotatable bonds is 1. The van der Waals surface area contributed by atoms with E-state index in [0.717, 1.165) is 11.0 Å². The summed E-state index contributed by atoms with van der Waals surface area (Å²) >= 11 is 0. The van der Waals surface area contributed by atoms with Crippen LogP contribution >= 0.6 is 0 Å². The van der Waals surface area contributed by atoms with E-state index in [4.69, 9.17) is 5.11 Å². The van der Waals surface area contributed by atoms with Crippen LogP contribution in [-0.2, 0) is 20.1 Å². The van der Waals surface area contributed by atoms with Crippen LogP contribution in [0.1, 0.15) is 13.3 Å². The van der Waals surface area contributed by atoms with Crippen molar-refractivity contribution in [3.05, 3.63) is 67.8 Å². The monoisotopic (exact) mass is 483 g/mol. The van der Waals surface area contributed by atoms with Crippen molar-refractivity contribution in [1.82, 2.24) is 9.38 Å². The van der Waals surface area contributed by atoms with Gasteiger partial charge in [-0.05, 0) is 18.4 Å². The third kappa shape index (κ3) is 3.45. The molecule has 0 saturated carbocycles. The standard InChI is InChI=1S/C15H9N2.C4H9O.Ir/c1-2-7-13-11(5-1)12-6-3-4-8-14(12)17-10-9-16-15(13)17;1-3-4(2)5;/h1-6,8-10H;4-5H,1,3H2,2H3;/q2*-1;. The molecule has 1 unspecified atom stereocenters. The minimum Gasteiger partial charge on any atom is -0.396 e. The number of aliphatic hydroxyl groups is 1. The van der Waals surface area contributed by atoms with Crippen molar-refractivity contribution in [3.63, 3.8) is 0 Å². The molecule has 121 valence electrons. The Balaban J connectivity index is 0.000000284. The van der Waals surface area contributed by atoms with E-state index < -0.39 is 0 Å². The van der Waals surface area contributed by atoms with Crippen molar-refractivity contribution in [2.75, 3.05) is 0 Å². The smallest absolute Gasteiger partial charge is 0.0608 e. The summed E-state index contributed by atoms with van der Waals surface area (Å²) in [7, 11) is 0. The molecule has 0 fully saturated rings. The summed E-state index contributed by atoms with van der Waals surface area (Å²) in [5.41, 5.74) is 2.16. The van der Waals surface area contributed by atoms with Gasteiger partial charge in [0, 0.05) is 44.1 Å². The molecule has 0 aliphatic rings. The summed E-state index contributed by atoms with van der Waals surface area (Å²) in [6, 6.07) is 17.8. The van der Waals surface area contributed by atoms with Crippen LogP contribution in [-0.4, -0.2) is 20.6 Å². The minimum atomic E-state index is -0.227. The molecule has 0 spiro atoms. The number of imidazole rings is 1. The SMILES string of the molecule is [CH2-]CC(C)O.[Ir].[c-]1cccc2c1c1nccn1c1ccccc21. The average Bonchev–Trinajstić information content (AvgIpc) is 3.06. The van der Waals surface area contributed by atoms with Gasteiger partial charge in [0.05, 0.1) is 5.65 Å². The zero-order chi connectivity index (χ0) is 15.5. The van der Waals surface area contributed by atoms with Gasteiger partial charge in [-0.15, -0.1) is 29.7 Å². The van der Waals surface area contributed by atoms with Crippen LogP contribution in [0.4, 0.5) is 0 Å². The number of pyridine rings is 1. The summed E-state index contributed by atoms with van der Waals surface area (Å²) in [5, 5.41) is 11.8. The summed E-state index contributed by atoms with van der Waals surface area (Å²) in [4.78, 5) is 4.43. The molecule has 1 atom stereocenters. The Kier molecular flexibility index (Phi) is 5.89. The molecule has 1 radical (unpaired) electrons. The fourth-order valence-corrected chi connectivity index (χ4v) is 2.44. The number of benzene rings is 2. The fourth-order valence-electron chi connectivity index (χ4n) is 2.44. The van der Waals surface area contributed by atoms with Crippen LogP contribution in [0.15, 0.2) is 54.9 Å². The van der Waals surface area contributed by atoms with Crippen molar-refractivity contribution in [3.8, 4) is 0 Å². The van der Waals surface area contributed by atoms with Crippen LogP contribution in [0.25, 0.3) is 27.3 Å². The molecular formula is C19H18IrN2O-2. The first kappa shape index (κ1) is 17.6. The number of para-hydroxylation sites is 1. The van der Waals surface area contributed by atoms with Crippen molar-refractivity contribution in [2.45, 2.75) is 19.4 Å². The maximum atomic E-state index is 8.30. The zero-order valence-corrected chi connectivity index (χ0v) is 15.3. The maximum Gasteiger partial charge on any atom is 0.0608 e. The van der Waals surface area contributed by atoms with Gasteiger partial charge < -0.3 is 16.4 Å². The first-order valence-electron chi connectivity index (χ1n) is 7.34. The van der Waals surface area contributed by atoms with Crippen molar-refractivity contribution < 1.29 is 25.2 Å². The van der Waals surface area contributed by atoms with E-state index in [1.54, 1.807) is 6.92 Å². The first-order chi connectivity index (χ1) is 10.7. The molecule has 0 aliphatic carbocycles. The van der Waals surface area contributed by atoms with Crippen LogP contribution in [0.2, 0.25) is 0 Å². The molecule has 2 aromatic carbocycles. The molecule has 23 heavy (non-hydrogen) atoms. The predicted octanol–water partition coefficient (Wildman–Crippen LogP) is 4.03. The Bertz CT molecular complexity index is 845. The second kappa shape index (κ2) is 7.69. The molecule has 0 amide bonds. The van der Waals surface area contributed by atoms with Crippen LogP contribution in [0, 0.1) is 13.0 Å². The topological polar surface area (TPSA) is 37.5 Å². The zero-order valence-electron chi connectivity index (χ0n) is 12.9. The molecular weight excluding hydrogens is 464 g/mol. The van der Waals surface area contributed by atoms with E-state index in [2.05, 4.69) is 52.7 Å². The van der Waals surface area contributed by atoms with E-state index in [9.17, 15) is 0 Å². The van der Waals surface area contributed by atoms with Gasteiger partial charge >= 0.3 is 0 Å². The van der Waals surface area contributed by atoms with Crippen LogP contribution < -0.4 is 0 Å². The number of nitrogens with zero attached hydrogens (tertiary/aromatic N) is 2. The van der Waals surface area contributed by atoms with Gasteiger partial charge in [0.1, 0.15) is 0 Å². The molecule has 0 saturated heterocycles. The largest absolute Gasteiger partial charge is 0.396 e. The Hall–Kier alpha value is -1.74. The predicted molar refractivity (Wildman–Crippen MR) is 90.7 cm³/mol. The summed E-state index contributed by atoms with van der Waals surface area (Å²) in [5.74, 6) is 0. The molecule has 4 rings (SSSR count). The van der Waals surface area contributed by atoms with E-state index in [1.165, 1.54) is 16.3 Å². The Morgan fingerprint density at radius 2 is 1.91 bits per heavy atom. The van der Waals surface area contributed by atoms with E-state index >= 15 is 0 Å². The van der Waals surface area contributed by atoms with Crippen molar-refractivity contribution in [2.24, 2.45) is 0 Å². The number of hydrogen-bond donors (Lipinski definition) is 1. The number of hydrogen-bond acceptors (Lipinski definition) is 2. The number of fused-ring (bicyclic) bond motifs is 6. The van der Waals surface area contributed by atoms with Gasteiger partial charge in [0.25, 0.3) is 0 Å². The molecule has 4 aromatic rings. The molecule has 3 nitrogen and oxygen atoms in total. The van der Waals surface area contributed by atoms with Gasteiger partial charge in [0.15, 0.2) is 0 Å². The fraction of sp³-hybridized carbons (Fsp3) is 0.158. The molecule has 0 aliphatic heterocycles. The van der Waals surface area contributed by atoms with Crippen LogP contribution in [0.3, 0.4) is 0 Å². The Morgan fingerprint density at radius 1 is 1.22 bits per heavy atom. The van der Waals surface area contributed by atoms with Gasteiger partial charge in [-0.1, -0.05) is 23.6 Å². The van der Waals surface area contributed by atoms with Gasteiger partial charge in [0.2, 0.25) is 0 Å². The van der Waals surface area contributed by atoms with Crippen molar-refractivity contribution in [1.29, 1.82) is 0 Å². The maximum absolute atomic E-state index is 8.30. The van der Waals surface area contributed by atoms with Gasteiger partial charge in [-0.25, -0.2) is 0 Å². The quantitative estimate of drug-likeness (QED) is 0.329. The van der Waals surface area contributed by atoms with Crippen LogP contribution in [0.5, 0.6) is 0 Å². The third-order valence-electron chi connectivity index (χ3n) is 3.59.